The fraction of sp³-hybridized carbons (Fsp3) is 0.333. The van der Waals surface area contributed by atoms with Gasteiger partial charge in [0, 0.05) is 23.0 Å². The van der Waals surface area contributed by atoms with Gasteiger partial charge in [-0.3, -0.25) is 9.59 Å². The second kappa shape index (κ2) is 7.38. The molecular weight excluding hydrogens is 320 g/mol. The van der Waals surface area contributed by atoms with Gasteiger partial charge < -0.3 is 11.1 Å². The minimum atomic E-state index is -0.317. The van der Waals surface area contributed by atoms with Gasteiger partial charge in [-0.2, -0.15) is 0 Å². The van der Waals surface area contributed by atoms with Crippen LogP contribution in [0.5, 0.6) is 0 Å². The summed E-state index contributed by atoms with van der Waals surface area (Å²) in [5, 5.41) is 3.33. The Bertz CT molecular complexity index is 452. The topological polar surface area (TPSA) is 72.2 Å². The van der Waals surface area contributed by atoms with E-state index in [1.54, 1.807) is 18.2 Å². The zero-order chi connectivity index (χ0) is 13.5. The number of amides is 2. The maximum Gasteiger partial charge on any atom is 0.251 e. The van der Waals surface area contributed by atoms with Gasteiger partial charge in [0.1, 0.15) is 0 Å². The van der Waals surface area contributed by atoms with E-state index in [1.807, 2.05) is 0 Å². The zero-order valence-corrected chi connectivity index (χ0v) is 12.1. The molecule has 0 bridgehead atoms. The number of carbonyl (C=O) groups is 2. The molecule has 0 atom stereocenters. The summed E-state index contributed by atoms with van der Waals surface area (Å²) in [5.41, 5.74) is 5.56. The molecule has 18 heavy (non-hydrogen) atoms. The van der Waals surface area contributed by atoms with E-state index in [-0.39, 0.29) is 11.8 Å². The summed E-state index contributed by atoms with van der Waals surface area (Å²) < 4.78 is 0.686. The van der Waals surface area contributed by atoms with Gasteiger partial charge in [0.05, 0.1) is 5.02 Å². The first-order valence-corrected chi connectivity index (χ1v) is 6.69. The van der Waals surface area contributed by atoms with Crippen molar-refractivity contribution in [3.8, 4) is 0 Å². The molecule has 4 nitrogen and oxygen atoms in total. The van der Waals surface area contributed by atoms with Gasteiger partial charge in [-0.1, -0.05) is 11.6 Å². The fourth-order valence-electron chi connectivity index (χ4n) is 1.37. The molecule has 0 heterocycles. The lowest BCUT2D eigenvalue weighted by Crippen LogP contribution is -2.24. The van der Waals surface area contributed by atoms with Crippen LogP contribution >= 0.6 is 27.5 Å². The number of rotatable bonds is 6. The van der Waals surface area contributed by atoms with Crippen molar-refractivity contribution in [2.75, 3.05) is 6.54 Å². The molecular formula is C12H14BrClN2O2. The van der Waals surface area contributed by atoms with Gasteiger partial charge in [-0.25, -0.2) is 0 Å². The van der Waals surface area contributed by atoms with E-state index >= 15 is 0 Å². The number of nitrogens with one attached hydrogen (secondary N) is 1. The number of hydrogen-bond acceptors (Lipinski definition) is 2. The maximum atomic E-state index is 11.7. The van der Waals surface area contributed by atoms with Gasteiger partial charge in [0.15, 0.2) is 0 Å². The van der Waals surface area contributed by atoms with Crippen LogP contribution in [-0.2, 0) is 4.79 Å². The number of unbranched alkanes of at least 4 members (excludes halogenated alkanes) is 1. The van der Waals surface area contributed by atoms with Crippen molar-refractivity contribution < 1.29 is 9.59 Å². The molecule has 0 unspecified atom stereocenters. The molecule has 3 N–H and O–H groups in total. The van der Waals surface area contributed by atoms with Crippen LogP contribution in [0.2, 0.25) is 5.02 Å². The van der Waals surface area contributed by atoms with Crippen molar-refractivity contribution in [3.05, 3.63) is 33.3 Å². The Hall–Kier alpha value is -1.07. The molecule has 0 radical (unpaired) electrons. The van der Waals surface area contributed by atoms with Crippen LogP contribution in [0.3, 0.4) is 0 Å². The van der Waals surface area contributed by atoms with E-state index in [2.05, 4.69) is 21.2 Å². The van der Waals surface area contributed by atoms with Gasteiger partial charge >= 0.3 is 0 Å². The predicted molar refractivity (Wildman–Crippen MR) is 74.5 cm³/mol. The normalized spacial score (nSPS) is 10.1. The van der Waals surface area contributed by atoms with E-state index < -0.39 is 0 Å². The van der Waals surface area contributed by atoms with E-state index in [4.69, 9.17) is 17.3 Å². The van der Waals surface area contributed by atoms with E-state index in [0.29, 0.717) is 34.4 Å². The summed E-state index contributed by atoms with van der Waals surface area (Å²) in [6.45, 7) is 0.520. The van der Waals surface area contributed by atoms with Crippen molar-refractivity contribution in [1.29, 1.82) is 0 Å². The summed E-state index contributed by atoms with van der Waals surface area (Å²) in [6, 6.07) is 4.99. The van der Waals surface area contributed by atoms with E-state index in [0.717, 1.165) is 6.42 Å². The second-order valence-electron chi connectivity index (χ2n) is 3.81. The highest BCUT2D eigenvalue weighted by Gasteiger charge is 2.07. The van der Waals surface area contributed by atoms with Crippen molar-refractivity contribution in [1.82, 2.24) is 5.32 Å². The minimum absolute atomic E-state index is 0.161. The highest BCUT2D eigenvalue weighted by molar-refractivity contribution is 9.10. The molecule has 6 heteroatoms. The quantitative estimate of drug-likeness (QED) is 0.785. The van der Waals surface area contributed by atoms with Gasteiger partial charge in [-0.15, -0.1) is 0 Å². The number of hydrogen-bond donors (Lipinski definition) is 2. The van der Waals surface area contributed by atoms with Crippen LogP contribution in [0.25, 0.3) is 0 Å². The standard InChI is InChI=1S/C12H14BrClN2O2/c13-9-7-8(4-5-10(9)14)12(18)16-6-2-1-3-11(15)17/h4-5,7H,1-3,6H2,(H2,15,17)(H,16,18). The van der Waals surface area contributed by atoms with Crippen molar-refractivity contribution in [3.63, 3.8) is 0 Å². The number of primary amides is 1. The SMILES string of the molecule is NC(=O)CCCCNC(=O)c1ccc(Cl)c(Br)c1. The van der Waals surface area contributed by atoms with Crippen LogP contribution in [0.1, 0.15) is 29.6 Å². The lowest BCUT2D eigenvalue weighted by molar-refractivity contribution is -0.118. The van der Waals surface area contributed by atoms with Gasteiger partial charge in [0.2, 0.25) is 5.91 Å². The lowest BCUT2D eigenvalue weighted by Gasteiger charge is -2.05. The number of benzene rings is 1. The van der Waals surface area contributed by atoms with Crippen LogP contribution in [-0.4, -0.2) is 18.4 Å². The number of carbonyl (C=O) groups excluding carboxylic acids is 2. The highest BCUT2D eigenvalue weighted by atomic mass is 79.9. The fourth-order valence-corrected chi connectivity index (χ4v) is 1.86. The second-order valence-corrected chi connectivity index (χ2v) is 5.07. The molecule has 1 aromatic carbocycles. The Balaban J connectivity index is 2.36. The smallest absolute Gasteiger partial charge is 0.251 e. The van der Waals surface area contributed by atoms with Crippen LogP contribution < -0.4 is 11.1 Å². The highest BCUT2D eigenvalue weighted by Crippen LogP contribution is 2.23. The Labute approximate surface area is 119 Å². The minimum Gasteiger partial charge on any atom is -0.370 e. The molecule has 2 amide bonds. The molecule has 98 valence electrons. The molecule has 0 aliphatic heterocycles. The summed E-state index contributed by atoms with van der Waals surface area (Å²) >= 11 is 9.10. The molecule has 0 fully saturated rings. The maximum absolute atomic E-state index is 11.7. The third-order valence-corrected chi connectivity index (χ3v) is 3.53. The monoisotopic (exact) mass is 332 g/mol. The Morgan fingerprint density at radius 3 is 2.67 bits per heavy atom. The number of halogens is 2. The van der Waals surface area contributed by atoms with E-state index in [1.165, 1.54) is 0 Å². The molecule has 0 spiro atoms. The van der Waals surface area contributed by atoms with Crippen LogP contribution in [0.4, 0.5) is 0 Å². The summed E-state index contributed by atoms with van der Waals surface area (Å²) in [7, 11) is 0. The number of nitrogens with two attached hydrogens (primary N) is 1. The van der Waals surface area contributed by atoms with Gasteiger partial charge in [-0.05, 0) is 47.0 Å². The first-order valence-electron chi connectivity index (χ1n) is 5.52. The third-order valence-electron chi connectivity index (χ3n) is 2.32. The summed E-state index contributed by atoms with van der Waals surface area (Å²) in [5.74, 6) is -0.477. The van der Waals surface area contributed by atoms with Crippen molar-refractivity contribution in [2.45, 2.75) is 19.3 Å². The zero-order valence-electron chi connectivity index (χ0n) is 9.71. The van der Waals surface area contributed by atoms with Crippen molar-refractivity contribution in [2.24, 2.45) is 5.73 Å². The average molecular weight is 334 g/mol. The molecule has 0 saturated heterocycles. The largest absolute Gasteiger partial charge is 0.370 e. The predicted octanol–water partition coefficient (Wildman–Crippen LogP) is 2.49. The molecule has 0 aliphatic carbocycles. The molecule has 1 rings (SSSR count). The molecule has 0 aromatic heterocycles. The first-order chi connectivity index (χ1) is 8.50. The Kier molecular flexibility index (Phi) is 6.15. The van der Waals surface area contributed by atoms with E-state index in [9.17, 15) is 9.59 Å². The van der Waals surface area contributed by atoms with Crippen molar-refractivity contribution >= 4 is 39.3 Å². The summed E-state index contributed by atoms with van der Waals surface area (Å²) in [4.78, 5) is 22.2. The lowest BCUT2D eigenvalue weighted by atomic mass is 10.2. The first kappa shape index (κ1) is 15.0. The van der Waals surface area contributed by atoms with Crippen LogP contribution in [0.15, 0.2) is 22.7 Å². The third kappa shape index (κ3) is 5.06. The molecule has 0 aliphatic rings. The summed E-state index contributed by atoms with van der Waals surface area (Å²) in [6.07, 6.45) is 1.76. The Morgan fingerprint density at radius 2 is 2.06 bits per heavy atom. The van der Waals surface area contributed by atoms with Gasteiger partial charge in [0.25, 0.3) is 5.91 Å². The average Bonchev–Trinajstić information content (AvgIpc) is 2.31. The molecule has 0 saturated carbocycles. The molecule has 1 aromatic rings. The Morgan fingerprint density at radius 1 is 1.33 bits per heavy atom. The van der Waals surface area contributed by atoms with Crippen LogP contribution in [0, 0.1) is 0 Å².